The molecule has 0 aliphatic carbocycles. The van der Waals surface area contributed by atoms with Crippen LogP contribution in [0.5, 0.6) is 0 Å². The second kappa shape index (κ2) is 9.04. The first-order valence-electron chi connectivity index (χ1n) is 7.78. The van der Waals surface area contributed by atoms with Gasteiger partial charge in [0, 0.05) is 25.6 Å². The summed E-state index contributed by atoms with van der Waals surface area (Å²) in [5, 5.41) is 14.7. The molecular weight excluding hydrogens is 270 g/mol. The molecule has 0 amide bonds. The first kappa shape index (κ1) is 16.3. The van der Waals surface area contributed by atoms with E-state index >= 15 is 0 Å². The first-order chi connectivity index (χ1) is 10.8. The van der Waals surface area contributed by atoms with Gasteiger partial charge in [0.2, 0.25) is 0 Å². The highest BCUT2D eigenvalue weighted by atomic mass is 16.2. The fourth-order valence-corrected chi connectivity index (χ4v) is 2.40. The van der Waals surface area contributed by atoms with Crippen LogP contribution < -0.4 is 5.32 Å². The summed E-state index contributed by atoms with van der Waals surface area (Å²) in [5.41, 5.74) is 1.32. The molecule has 0 fully saturated rings. The Morgan fingerprint density at radius 2 is 2.00 bits per heavy atom. The van der Waals surface area contributed by atoms with Crippen LogP contribution >= 0.6 is 0 Å². The molecule has 1 atom stereocenters. The predicted molar refractivity (Wildman–Crippen MR) is 93.6 cm³/mol. The van der Waals surface area contributed by atoms with Gasteiger partial charge >= 0.3 is 0 Å². The van der Waals surface area contributed by atoms with Gasteiger partial charge in [-0.15, -0.1) is 0 Å². The molecule has 2 N–H and O–H groups in total. The number of hydrogen-bond acceptors (Lipinski definition) is 2. The summed E-state index contributed by atoms with van der Waals surface area (Å²) in [6.07, 6.45) is 5.41. The highest BCUT2D eigenvalue weighted by Crippen LogP contribution is 2.23. The third kappa shape index (κ3) is 4.73. The second-order valence-corrected chi connectivity index (χ2v) is 5.25. The molecule has 0 aromatic heterocycles. The van der Waals surface area contributed by atoms with Crippen molar-refractivity contribution in [3.8, 4) is 11.8 Å². The molecular formula is C20H23NO. The van der Waals surface area contributed by atoms with Crippen molar-refractivity contribution in [2.24, 2.45) is 0 Å². The van der Waals surface area contributed by atoms with Crippen molar-refractivity contribution in [3.63, 3.8) is 0 Å². The monoisotopic (exact) mass is 293 g/mol. The number of unbranched alkanes of at least 4 members (excludes halogenated alkanes) is 1. The van der Waals surface area contributed by atoms with Crippen LogP contribution in [-0.2, 0) is 0 Å². The molecule has 0 bridgehead atoms. The van der Waals surface area contributed by atoms with Crippen LogP contribution in [0, 0.1) is 11.8 Å². The van der Waals surface area contributed by atoms with E-state index in [4.69, 9.17) is 5.11 Å². The van der Waals surface area contributed by atoms with Gasteiger partial charge in [-0.3, -0.25) is 0 Å². The molecule has 2 heteroatoms. The molecule has 2 rings (SSSR count). The van der Waals surface area contributed by atoms with Crippen molar-refractivity contribution < 1.29 is 5.11 Å². The first-order valence-corrected chi connectivity index (χ1v) is 7.78. The quantitative estimate of drug-likeness (QED) is 0.627. The van der Waals surface area contributed by atoms with Crippen molar-refractivity contribution in [1.29, 1.82) is 0 Å². The van der Waals surface area contributed by atoms with Crippen LogP contribution in [0.4, 0.5) is 0 Å². The number of aliphatic hydroxyl groups excluding tert-OH is 1. The van der Waals surface area contributed by atoms with Crippen LogP contribution in [0.1, 0.15) is 31.4 Å². The van der Waals surface area contributed by atoms with Gasteiger partial charge in [0.05, 0.1) is 0 Å². The molecule has 2 aromatic rings. The Balaban J connectivity index is 1.90. The average Bonchev–Trinajstić information content (AvgIpc) is 2.56. The maximum absolute atomic E-state index is 8.66. The standard InChI is InChI=1S/C20H23NO/c1-17(21-15-8-4-2-3-5-9-16-22)19-14-10-12-18-11-6-7-13-20(18)19/h4,6-8,10-14,17,21-22H,5,9,15-16H2,1H3/b8-4+/t17-/m1/s1. The van der Waals surface area contributed by atoms with E-state index in [0.717, 1.165) is 19.4 Å². The Hall–Kier alpha value is -2.08. The molecule has 0 unspecified atom stereocenters. The Kier molecular flexibility index (Phi) is 6.70. The Bertz CT molecular complexity index is 673. The lowest BCUT2D eigenvalue weighted by Crippen LogP contribution is -2.18. The van der Waals surface area contributed by atoms with E-state index in [-0.39, 0.29) is 12.6 Å². The van der Waals surface area contributed by atoms with E-state index in [0.29, 0.717) is 0 Å². The summed E-state index contributed by atoms with van der Waals surface area (Å²) in [5.74, 6) is 5.99. The number of benzene rings is 2. The van der Waals surface area contributed by atoms with Gasteiger partial charge in [-0.1, -0.05) is 60.4 Å². The molecule has 2 nitrogen and oxygen atoms in total. The lowest BCUT2D eigenvalue weighted by molar-refractivity contribution is 0.290. The molecule has 0 spiro atoms. The molecule has 0 saturated carbocycles. The smallest absolute Gasteiger partial charge is 0.0440 e. The van der Waals surface area contributed by atoms with E-state index < -0.39 is 0 Å². The zero-order valence-corrected chi connectivity index (χ0v) is 13.0. The van der Waals surface area contributed by atoms with Crippen LogP contribution in [0.15, 0.2) is 54.6 Å². The molecule has 0 heterocycles. The molecule has 0 aliphatic rings. The van der Waals surface area contributed by atoms with Crippen molar-refractivity contribution in [2.75, 3.05) is 13.2 Å². The van der Waals surface area contributed by atoms with Gasteiger partial charge in [-0.25, -0.2) is 0 Å². The molecule has 0 aliphatic heterocycles. The number of hydrogen-bond donors (Lipinski definition) is 2. The third-order valence-electron chi connectivity index (χ3n) is 3.59. The summed E-state index contributed by atoms with van der Waals surface area (Å²) in [4.78, 5) is 0. The summed E-state index contributed by atoms with van der Waals surface area (Å²) in [6.45, 7) is 3.18. The Morgan fingerprint density at radius 3 is 2.86 bits per heavy atom. The zero-order chi connectivity index (χ0) is 15.6. The van der Waals surface area contributed by atoms with Gasteiger partial charge < -0.3 is 10.4 Å². The van der Waals surface area contributed by atoms with Crippen LogP contribution in [0.2, 0.25) is 0 Å². The SMILES string of the molecule is C[C@@H](NC/C=C/C#CCCCO)c1cccc2ccccc12. The van der Waals surface area contributed by atoms with Crippen molar-refractivity contribution >= 4 is 10.8 Å². The average molecular weight is 293 g/mol. The number of allylic oxidation sites excluding steroid dienone is 1. The third-order valence-corrected chi connectivity index (χ3v) is 3.59. The highest BCUT2D eigenvalue weighted by molar-refractivity contribution is 5.86. The van der Waals surface area contributed by atoms with E-state index in [1.165, 1.54) is 16.3 Å². The molecule has 22 heavy (non-hydrogen) atoms. The van der Waals surface area contributed by atoms with Gasteiger partial charge in [0.15, 0.2) is 0 Å². The summed E-state index contributed by atoms with van der Waals surface area (Å²) < 4.78 is 0. The minimum absolute atomic E-state index is 0.211. The lowest BCUT2D eigenvalue weighted by Gasteiger charge is -2.15. The zero-order valence-electron chi connectivity index (χ0n) is 13.0. The van der Waals surface area contributed by atoms with Gasteiger partial charge in [0.25, 0.3) is 0 Å². The second-order valence-electron chi connectivity index (χ2n) is 5.25. The minimum atomic E-state index is 0.211. The summed E-state index contributed by atoms with van der Waals surface area (Å²) in [7, 11) is 0. The minimum Gasteiger partial charge on any atom is -0.396 e. The van der Waals surface area contributed by atoms with E-state index in [9.17, 15) is 0 Å². The predicted octanol–water partition coefficient (Wildman–Crippen LogP) is 3.82. The maximum Gasteiger partial charge on any atom is 0.0440 e. The largest absolute Gasteiger partial charge is 0.396 e. The van der Waals surface area contributed by atoms with Crippen molar-refractivity contribution in [2.45, 2.75) is 25.8 Å². The summed E-state index contributed by atoms with van der Waals surface area (Å²) >= 11 is 0. The molecule has 114 valence electrons. The van der Waals surface area contributed by atoms with Crippen molar-refractivity contribution in [1.82, 2.24) is 5.32 Å². The van der Waals surface area contributed by atoms with Gasteiger partial charge in [-0.05, 0) is 35.8 Å². The topological polar surface area (TPSA) is 32.3 Å². The number of aliphatic hydroxyl groups is 1. The van der Waals surface area contributed by atoms with E-state index in [1.54, 1.807) is 0 Å². The van der Waals surface area contributed by atoms with Gasteiger partial charge in [-0.2, -0.15) is 0 Å². The number of nitrogens with one attached hydrogen (secondary N) is 1. The number of rotatable bonds is 6. The fraction of sp³-hybridized carbons (Fsp3) is 0.300. The van der Waals surface area contributed by atoms with Crippen LogP contribution in [0.25, 0.3) is 10.8 Å². The molecule has 2 aromatic carbocycles. The molecule has 0 radical (unpaired) electrons. The number of fused-ring (bicyclic) bond motifs is 1. The Labute approximate surface area is 132 Å². The van der Waals surface area contributed by atoms with E-state index in [2.05, 4.69) is 66.5 Å². The van der Waals surface area contributed by atoms with Crippen LogP contribution in [0.3, 0.4) is 0 Å². The maximum atomic E-state index is 8.66. The van der Waals surface area contributed by atoms with Gasteiger partial charge in [0.1, 0.15) is 0 Å². The highest BCUT2D eigenvalue weighted by Gasteiger charge is 2.07. The summed E-state index contributed by atoms with van der Waals surface area (Å²) in [6, 6.07) is 15.2. The fourth-order valence-electron chi connectivity index (χ4n) is 2.40. The van der Waals surface area contributed by atoms with E-state index in [1.807, 2.05) is 12.2 Å². The Morgan fingerprint density at radius 1 is 1.18 bits per heavy atom. The van der Waals surface area contributed by atoms with Crippen LogP contribution in [-0.4, -0.2) is 18.3 Å². The normalized spacial score (nSPS) is 12.3. The lowest BCUT2D eigenvalue weighted by atomic mass is 10.00. The van der Waals surface area contributed by atoms with Crippen molar-refractivity contribution in [3.05, 3.63) is 60.2 Å². The molecule has 0 saturated heterocycles.